The minimum atomic E-state index is -5.87. The Bertz CT molecular complexity index is 3390. The summed E-state index contributed by atoms with van der Waals surface area (Å²) in [6.07, 6.45) is -40.2. The van der Waals surface area contributed by atoms with E-state index < -0.39 is 246 Å². The molecule has 5 heterocycles. The second-order valence-corrected chi connectivity index (χ2v) is 31.5. The van der Waals surface area contributed by atoms with Crippen molar-refractivity contribution in [2.24, 2.45) is 28.2 Å². The number of Topliss-reactive ketones (excluding diaryl/α,β-unsaturated/α-hetero) is 1. The summed E-state index contributed by atoms with van der Waals surface area (Å²) in [5, 5.41) is 150. The molecule has 624 valence electrons. The van der Waals surface area contributed by atoms with Gasteiger partial charge in [0.15, 0.2) is 67.8 Å². The Labute approximate surface area is 633 Å². The first kappa shape index (κ1) is 91.2. The lowest BCUT2D eigenvalue weighted by molar-refractivity contribution is -0.376. The summed E-state index contributed by atoms with van der Waals surface area (Å²) in [6.45, 7) is 17.0. The van der Waals surface area contributed by atoms with E-state index in [9.17, 15) is 109 Å². The fourth-order valence-electron chi connectivity index (χ4n) is 14.0. The number of ether oxygens (including phenoxy) is 11. The Balaban J connectivity index is 1.13. The Morgan fingerprint density at radius 1 is 0.736 bits per heavy atom. The maximum absolute atomic E-state index is 14.1. The predicted molar refractivity (Wildman–Crippen MR) is 371 cm³/mol. The van der Waals surface area contributed by atoms with Crippen LogP contribution < -0.4 is 27.4 Å². The number of primary amides is 2. The first-order valence-electron chi connectivity index (χ1n) is 35.8. The van der Waals surface area contributed by atoms with Gasteiger partial charge in [-0.25, -0.2) is 14.2 Å². The summed E-state index contributed by atoms with van der Waals surface area (Å²) in [7, 11) is -5.87. The third-order valence-electron chi connectivity index (χ3n) is 20.4. The van der Waals surface area contributed by atoms with E-state index in [4.69, 9.17) is 72.6 Å². The van der Waals surface area contributed by atoms with Gasteiger partial charge in [-0.3, -0.25) is 33.0 Å². The zero-order valence-corrected chi connectivity index (χ0v) is 63.1. The zero-order valence-electron chi connectivity index (χ0n) is 62.2. The number of ketones is 1. The molecule has 7 rings (SSSR count). The van der Waals surface area contributed by atoms with Crippen molar-refractivity contribution in [3.63, 3.8) is 0 Å². The molecule has 2 aliphatic carbocycles. The number of aliphatic hydroxyl groups is 12. The SMILES string of the molecule is C=C(CCC(C)(C)/C=C/CC/C(C)=C\CO[C@H](COP(=O)(O)O[C@H]1O[C@H](C(N)=O)[C@@](C)(O)[C@H](OC(N)=O)[C@H]1O[C@@H]1O[C@H](CO[C@@H]2O[C@H](CO)[C@@H](O)[C@H](O)[C@H]2O)[C@@H](O[C@@H]2O[C@H](CO)[C@@H](O[C@@H]3O[C@H](C(=O)NC4=C(O)CCC4=O)[C@H](O)[C@H](O)[C@H]3O)[C@H](O)[C@H]2NC(C)=O)[C@H](O)[C@H]1NC(C)=O)C(=O)O)CC1C(=C)CCCC1(C)C. The average Bonchev–Trinajstić information content (AvgIpc) is 0.908. The first-order chi connectivity index (χ1) is 51.3. The van der Waals surface area contributed by atoms with Crippen LogP contribution in [0.15, 0.2) is 59.6 Å². The molecule has 5 aliphatic heterocycles. The van der Waals surface area contributed by atoms with Crippen LogP contribution in [0.1, 0.15) is 120 Å². The third kappa shape index (κ3) is 23.2. The van der Waals surface area contributed by atoms with Gasteiger partial charge in [0.05, 0.1) is 33.0 Å². The standard InChI is InChI=1S/C69H108N5O35P/c1-29(14-11-12-20-67(6,7)22-18-30(2)24-34-31(3)15-13-21-68(34,8)9)19-23-97-40(60(91)92)28-99-110(95,96)109-65-55(56(108-66(71)93)69(10,94)57(107-65)58(70)89)106-62-43(73-33(5)78)46(83)53(39(102-62)27-98-63-50(87)47(84)44(81)37(25-75)100-63)103-61-42(72-32(4)77)45(82)52(38(26-76)101-61)104-64-51(88)48(85)49(86)54(105-64)59(90)74-41-35(79)16-17-36(41)80/h12,19-20,34,37-40,42-57,61-65,75-76,79,81-88,94H,2-3,11,13-18,21-28H2,1,4-10H3,(H2,70,89)(H2,71,93)(H,72,77)(H,73,78)(H,74,90)(H,91,92)(H,95,96)/b20-12+,29-19-/t34?,37-,38-,39-,40-,42-,43-,44-,45-,46-,47+,48+,49-,50-,51-,52-,53-,54+,55-,56-,57-,61+,62+,63-,64-,65-,69+/m1/s1. The topological polar surface area (TPSA) is 628 Å². The van der Waals surface area contributed by atoms with Crippen molar-refractivity contribution in [2.45, 2.75) is 279 Å². The van der Waals surface area contributed by atoms with Gasteiger partial charge in [0.2, 0.25) is 17.7 Å². The fourth-order valence-corrected chi connectivity index (χ4v) is 14.9. The molecule has 6 fully saturated rings. The lowest BCUT2D eigenvalue weighted by Crippen LogP contribution is -2.72. The van der Waals surface area contributed by atoms with E-state index in [2.05, 4.69) is 62.9 Å². The van der Waals surface area contributed by atoms with Crippen molar-refractivity contribution in [2.75, 3.05) is 33.0 Å². The molecule has 2 unspecified atom stereocenters. The number of carboxylic acid groups (broad SMARTS) is 1. The highest BCUT2D eigenvalue weighted by molar-refractivity contribution is 7.47. The highest BCUT2D eigenvalue weighted by Gasteiger charge is 2.63. The van der Waals surface area contributed by atoms with Gasteiger partial charge in [-0.05, 0) is 82.0 Å². The van der Waals surface area contributed by atoms with Gasteiger partial charge in [-0.1, -0.05) is 75.8 Å². The van der Waals surface area contributed by atoms with Crippen molar-refractivity contribution in [3.05, 3.63) is 59.6 Å². The molecule has 40 nitrogen and oxygen atoms in total. The summed E-state index contributed by atoms with van der Waals surface area (Å²) in [5.41, 5.74) is 10.8. The summed E-state index contributed by atoms with van der Waals surface area (Å²) < 4.78 is 88.6. The summed E-state index contributed by atoms with van der Waals surface area (Å²) in [4.78, 5) is 102. The lowest BCUT2D eigenvalue weighted by atomic mass is 9.64. The molecule has 5 amide bonds. The molecule has 21 N–H and O–H groups in total. The molecule has 0 aromatic rings. The van der Waals surface area contributed by atoms with Gasteiger partial charge in [0.25, 0.3) is 5.91 Å². The van der Waals surface area contributed by atoms with Crippen LogP contribution in [0.2, 0.25) is 0 Å². The van der Waals surface area contributed by atoms with E-state index in [0.29, 0.717) is 18.8 Å². The minimum absolute atomic E-state index is 0.151. The number of aliphatic carboxylic acids is 1. The van der Waals surface area contributed by atoms with E-state index in [1.165, 1.54) is 11.1 Å². The van der Waals surface area contributed by atoms with Gasteiger partial charge in [0, 0.05) is 26.7 Å². The monoisotopic (exact) mass is 1600 g/mol. The van der Waals surface area contributed by atoms with E-state index in [0.717, 1.165) is 64.9 Å². The largest absolute Gasteiger partial charge is 0.510 e. The van der Waals surface area contributed by atoms with Crippen molar-refractivity contribution >= 4 is 49.3 Å². The van der Waals surface area contributed by atoms with Crippen LogP contribution in [0.25, 0.3) is 0 Å². The van der Waals surface area contributed by atoms with Crippen LogP contribution >= 0.6 is 7.82 Å². The van der Waals surface area contributed by atoms with Crippen LogP contribution in [0.4, 0.5) is 4.79 Å². The van der Waals surface area contributed by atoms with E-state index in [1.807, 2.05) is 6.08 Å². The number of amides is 5. The first-order valence-corrected chi connectivity index (χ1v) is 37.3. The van der Waals surface area contributed by atoms with Crippen LogP contribution in [-0.2, 0) is 94.5 Å². The lowest BCUT2D eigenvalue weighted by Gasteiger charge is -2.52. The fraction of sp³-hybridized carbons (Fsp3) is 0.754. The number of phosphoric ester groups is 1. The second-order valence-electron chi connectivity index (χ2n) is 30.1. The molecule has 0 aromatic heterocycles. The number of hydrogen-bond acceptors (Lipinski definition) is 33. The number of nitrogens with two attached hydrogens (primary N) is 2. The number of hydrogen-bond donors (Lipinski definition) is 19. The highest BCUT2D eigenvalue weighted by atomic mass is 31.2. The number of aliphatic hydroxyl groups excluding tert-OH is 11. The number of carbonyl (C=O) groups is 7. The van der Waals surface area contributed by atoms with Gasteiger partial charge >= 0.3 is 19.9 Å². The van der Waals surface area contributed by atoms with Gasteiger partial charge in [-0.2, -0.15) is 0 Å². The molecule has 28 atom stereocenters. The molecule has 0 bridgehead atoms. The summed E-state index contributed by atoms with van der Waals surface area (Å²) in [5.74, 6) is -7.48. The number of rotatable bonds is 35. The Hall–Kier alpha value is -5.94. The van der Waals surface area contributed by atoms with Gasteiger partial charge in [-0.15, -0.1) is 0 Å². The molecular weight excluding hydrogens is 1490 g/mol. The Kier molecular flexibility index (Phi) is 32.3. The average molecular weight is 1600 g/mol. The molecule has 5 saturated heterocycles. The highest BCUT2D eigenvalue weighted by Crippen LogP contribution is 2.50. The van der Waals surface area contributed by atoms with Crippen LogP contribution in [0, 0.1) is 16.7 Å². The molecule has 7 aliphatic rings. The molecule has 1 saturated carbocycles. The molecular formula is C69H108N5O35P. The molecule has 41 heteroatoms. The van der Waals surface area contributed by atoms with Crippen LogP contribution in [0.5, 0.6) is 0 Å². The molecule has 0 spiro atoms. The summed E-state index contributed by atoms with van der Waals surface area (Å²) in [6, 6.07) is -4.16. The molecule has 0 radical (unpaired) electrons. The maximum Gasteiger partial charge on any atom is 0.474 e. The van der Waals surface area contributed by atoms with Crippen LogP contribution in [-0.4, -0.2) is 305 Å². The minimum Gasteiger partial charge on any atom is -0.510 e. The number of allylic oxidation sites excluding steroid dienone is 7. The molecule has 0 aromatic carbocycles. The van der Waals surface area contributed by atoms with Crippen molar-refractivity contribution in [3.8, 4) is 0 Å². The normalized spacial score (nSPS) is 37.3. The number of phosphoric acid groups is 1. The Morgan fingerprint density at radius 2 is 1.31 bits per heavy atom. The van der Waals surface area contributed by atoms with Gasteiger partial charge < -0.3 is 151 Å². The number of carboxylic acids is 1. The maximum atomic E-state index is 14.1. The van der Waals surface area contributed by atoms with Crippen molar-refractivity contribution in [1.29, 1.82) is 0 Å². The second kappa shape index (κ2) is 38.9. The number of nitrogens with one attached hydrogen (secondary N) is 3. The van der Waals surface area contributed by atoms with Crippen LogP contribution in [0.3, 0.4) is 0 Å². The number of carbonyl (C=O) groups excluding carboxylic acids is 6. The smallest absolute Gasteiger partial charge is 0.474 e. The van der Waals surface area contributed by atoms with E-state index >= 15 is 0 Å². The van der Waals surface area contributed by atoms with E-state index in [-0.39, 0.29) is 30.3 Å². The zero-order chi connectivity index (χ0) is 82.0. The summed E-state index contributed by atoms with van der Waals surface area (Å²) >= 11 is 0. The quantitative estimate of drug-likeness (QED) is 0.0218. The van der Waals surface area contributed by atoms with E-state index in [1.54, 1.807) is 13.0 Å². The predicted octanol–water partition coefficient (Wildman–Crippen LogP) is -3.37. The van der Waals surface area contributed by atoms with Crippen molar-refractivity contribution < 1.29 is 171 Å². The Morgan fingerprint density at radius 3 is 1.87 bits per heavy atom. The van der Waals surface area contributed by atoms with Crippen molar-refractivity contribution in [1.82, 2.24) is 16.0 Å². The van der Waals surface area contributed by atoms with Gasteiger partial charge in [0.1, 0.15) is 108 Å². The molecule has 110 heavy (non-hydrogen) atoms. The third-order valence-corrected chi connectivity index (χ3v) is 21.3.